The van der Waals surface area contributed by atoms with E-state index in [4.69, 9.17) is 0 Å². The van der Waals surface area contributed by atoms with Crippen molar-refractivity contribution in [3.05, 3.63) is 60.4 Å². The van der Waals surface area contributed by atoms with Gasteiger partial charge in [-0.1, -0.05) is 24.3 Å². The molecule has 0 saturated heterocycles. The first kappa shape index (κ1) is 12.2. The maximum absolute atomic E-state index is 4.23. The normalized spacial score (nSPS) is 18.6. The van der Waals surface area contributed by atoms with Crippen LogP contribution >= 0.6 is 0 Å². The summed E-state index contributed by atoms with van der Waals surface area (Å²) in [6, 6.07) is 11.1. The third kappa shape index (κ3) is 3.12. The lowest BCUT2D eigenvalue weighted by Crippen LogP contribution is -2.29. The highest BCUT2D eigenvalue weighted by Gasteiger charge is 2.08. The van der Waals surface area contributed by atoms with Crippen LogP contribution in [-0.2, 0) is 6.54 Å². The van der Waals surface area contributed by atoms with Crippen LogP contribution in [0.3, 0.4) is 0 Å². The molecule has 1 aromatic carbocycles. The smallest absolute Gasteiger partial charge is 0.0645 e. The fourth-order valence-corrected chi connectivity index (χ4v) is 2.43. The van der Waals surface area contributed by atoms with E-state index in [2.05, 4.69) is 46.8 Å². The van der Waals surface area contributed by atoms with Crippen LogP contribution < -0.4 is 5.32 Å². The monoisotopic (exact) mass is 253 g/mol. The molecule has 3 nitrogen and oxygen atoms in total. The van der Waals surface area contributed by atoms with Gasteiger partial charge < -0.3 is 5.32 Å². The van der Waals surface area contributed by atoms with Crippen molar-refractivity contribution >= 4 is 0 Å². The third-order valence-electron chi connectivity index (χ3n) is 3.57. The SMILES string of the molecule is C1=CCC(NCc2ccc(-n3cccn3)cc2)CC1. The molecule has 3 rings (SSSR count). The number of allylic oxidation sites excluding steroid dienone is 1. The Labute approximate surface area is 114 Å². The molecular formula is C16H19N3. The summed E-state index contributed by atoms with van der Waals surface area (Å²) in [6.45, 7) is 0.942. The van der Waals surface area contributed by atoms with Gasteiger partial charge in [-0.25, -0.2) is 4.68 Å². The van der Waals surface area contributed by atoms with Crippen molar-refractivity contribution in [2.75, 3.05) is 0 Å². The summed E-state index contributed by atoms with van der Waals surface area (Å²) in [5.41, 5.74) is 2.43. The summed E-state index contributed by atoms with van der Waals surface area (Å²) >= 11 is 0. The Hall–Kier alpha value is -1.87. The maximum atomic E-state index is 4.23. The molecule has 0 spiro atoms. The number of nitrogens with zero attached hydrogens (tertiary/aromatic N) is 2. The van der Waals surface area contributed by atoms with Crippen LogP contribution in [0.15, 0.2) is 54.9 Å². The van der Waals surface area contributed by atoms with Crippen LogP contribution in [0, 0.1) is 0 Å². The molecule has 3 heteroatoms. The van der Waals surface area contributed by atoms with Crippen molar-refractivity contribution in [1.29, 1.82) is 0 Å². The zero-order valence-electron chi connectivity index (χ0n) is 11.0. The van der Waals surface area contributed by atoms with Gasteiger partial charge in [0.15, 0.2) is 0 Å². The van der Waals surface area contributed by atoms with E-state index in [1.165, 1.54) is 18.4 Å². The number of rotatable bonds is 4. The van der Waals surface area contributed by atoms with Crippen LogP contribution in [0.25, 0.3) is 5.69 Å². The predicted octanol–water partition coefficient (Wildman–Crippen LogP) is 3.07. The Morgan fingerprint density at radius 2 is 2.11 bits per heavy atom. The van der Waals surface area contributed by atoms with E-state index in [0.717, 1.165) is 18.7 Å². The van der Waals surface area contributed by atoms with E-state index >= 15 is 0 Å². The van der Waals surface area contributed by atoms with Gasteiger partial charge in [-0.2, -0.15) is 5.10 Å². The van der Waals surface area contributed by atoms with Crippen molar-refractivity contribution in [3.63, 3.8) is 0 Å². The van der Waals surface area contributed by atoms with Crippen molar-refractivity contribution in [2.45, 2.75) is 31.8 Å². The Morgan fingerprint density at radius 3 is 2.79 bits per heavy atom. The highest BCUT2D eigenvalue weighted by molar-refractivity contribution is 5.33. The van der Waals surface area contributed by atoms with Gasteiger partial charge in [0.1, 0.15) is 0 Å². The molecule has 0 fully saturated rings. The van der Waals surface area contributed by atoms with Crippen LogP contribution in [0.2, 0.25) is 0 Å². The molecule has 98 valence electrons. The second-order valence-electron chi connectivity index (χ2n) is 4.98. The fourth-order valence-electron chi connectivity index (χ4n) is 2.43. The standard InChI is InChI=1S/C16H19N3/c1-2-5-15(6-3-1)17-13-14-7-9-16(10-8-14)19-12-4-11-18-19/h1-2,4,7-12,15,17H,3,5-6,13H2. The molecule has 1 atom stereocenters. The van der Waals surface area contributed by atoms with E-state index < -0.39 is 0 Å². The predicted molar refractivity (Wildman–Crippen MR) is 77.2 cm³/mol. The fraction of sp³-hybridized carbons (Fsp3) is 0.312. The number of hydrogen-bond donors (Lipinski definition) is 1. The number of aromatic nitrogens is 2. The third-order valence-corrected chi connectivity index (χ3v) is 3.57. The highest BCUT2D eigenvalue weighted by atomic mass is 15.3. The van der Waals surface area contributed by atoms with Crippen LogP contribution in [-0.4, -0.2) is 15.8 Å². The molecule has 1 aliphatic carbocycles. The average Bonchev–Trinajstić information content (AvgIpc) is 3.01. The van der Waals surface area contributed by atoms with E-state index in [1.54, 1.807) is 6.20 Å². The van der Waals surface area contributed by atoms with Gasteiger partial charge in [-0.05, 0) is 43.0 Å². The summed E-state index contributed by atoms with van der Waals surface area (Å²) in [7, 11) is 0. The van der Waals surface area contributed by atoms with Crippen molar-refractivity contribution < 1.29 is 0 Å². The zero-order chi connectivity index (χ0) is 12.9. The first-order chi connectivity index (χ1) is 9.42. The van der Waals surface area contributed by atoms with Crippen LogP contribution in [0.1, 0.15) is 24.8 Å². The Bertz CT molecular complexity index is 526. The van der Waals surface area contributed by atoms with Gasteiger partial charge in [0.25, 0.3) is 0 Å². The summed E-state index contributed by atoms with van der Waals surface area (Å²) < 4.78 is 1.88. The maximum Gasteiger partial charge on any atom is 0.0645 e. The molecule has 1 aromatic heterocycles. The van der Waals surface area contributed by atoms with Crippen LogP contribution in [0.5, 0.6) is 0 Å². The summed E-state index contributed by atoms with van der Waals surface area (Å²) in [5, 5.41) is 7.85. The van der Waals surface area contributed by atoms with Gasteiger partial charge in [0.2, 0.25) is 0 Å². The van der Waals surface area contributed by atoms with Crippen molar-refractivity contribution in [2.24, 2.45) is 0 Å². The molecule has 0 radical (unpaired) electrons. The Kier molecular flexibility index (Phi) is 3.75. The van der Waals surface area contributed by atoms with E-state index in [9.17, 15) is 0 Å². The van der Waals surface area contributed by atoms with Gasteiger partial charge in [-0.15, -0.1) is 0 Å². The lowest BCUT2D eigenvalue weighted by Gasteiger charge is -2.19. The molecule has 0 amide bonds. The van der Waals surface area contributed by atoms with Gasteiger partial charge >= 0.3 is 0 Å². The van der Waals surface area contributed by atoms with Crippen molar-refractivity contribution in [1.82, 2.24) is 15.1 Å². The molecule has 1 aliphatic rings. The lowest BCUT2D eigenvalue weighted by molar-refractivity contribution is 0.474. The second-order valence-corrected chi connectivity index (χ2v) is 4.98. The van der Waals surface area contributed by atoms with E-state index in [-0.39, 0.29) is 0 Å². The molecule has 2 aromatic rings. The highest BCUT2D eigenvalue weighted by Crippen LogP contribution is 2.12. The first-order valence-electron chi connectivity index (χ1n) is 6.89. The summed E-state index contributed by atoms with van der Waals surface area (Å²) in [6.07, 6.45) is 11.9. The van der Waals surface area contributed by atoms with Crippen molar-refractivity contribution in [3.8, 4) is 5.69 Å². The average molecular weight is 253 g/mol. The Balaban J connectivity index is 1.58. The van der Waals surface area contributed by atoms with Crippen LogP contribution in [0.4, 0.5) is 0 Å². The molecule has 1 heterocycles. The minimum Gasteiger partial charge on any atom is -0.310 e. The minimum atomic E-state index is 0.635. The topological polar surface area (TPSA) is 29.9 Å². The summed E-state index contributed by atoms with van der Waals surface area (Å²) in [5.74, 6) is 0. The molecule has 19 heavy (non-hydrogen) atoms. The second kappa shape index (κ2) is 5.85. The number of benzene rings is 1. The molecular weight excluding hydrogens is 234 g/mol. The minimum absolute atomic E-state index is 0.635. The summed E-state index contributed by atoms with van der Waals surface area (Å²) in [4.78, 5) is 0. The van der Waals surface area contributed by atoms with Gasteiger partial charge in [0, 0.05) is 25.0 Å². The lowest BCUT2D eigenvalue weighted by atomic mass is 10.0. The zero-order valence-corrected chi connectivity index (χ0v) is 11.0. The van der Waals surface area contributed by atoms with Gasteiger partial charge in [-0.3, -0.25) is 0 Å². The molecule has 1 unspecified atom stereocenters. The molecule has 0 aliphatic heterocycles. The molecule has 0 bridgehead atoms. The van der Waals surface area contributed by atoms with E-state index in [1.807, 2.05) is 16.9 Å². The largest absolute Gasteiger partial charge is 0.310 e. The van der Waals surface area contributed by atoms with E-state index in [0.29, 0.717) is 6.04 Å². The molecule has 0 saturated carbocycles. The number of hydrogen-bond acceptors (Lipinski definition) is 2. The van der Waals surface area contributed by atoms with Gasteiger partial charge in [0.05, 0.1) is 5.69 Å². The Morgan fingerprint density at radius 1 is 1.21 bits per heavy atom. The number of nitrogens with one attached hydrogen (secondary N) is 1. The molecule has 1 N–H and O–H groups in total. The quantitative estimate of drug-likeness (QED) is 0.849. The first-order valence-corrected chi connectivity index (χ1v) is 6.89.